The van der Waals surface area contributed by atoms with Crippen molar-refractivity contribution in [1.82, 2.24) is 20.2 Å². The number of nitrogens with zero attached hydrogens (tertiary/aromatic N) is 4. The first-order valence-corrected chi connectivity index (χ1v) is 8.21. The average Bonchev–Trinajstić information content (AvgIpc) is 3.20. The third-order valence-electron chi connectivity index (χ3n) is 4.34. The van der Waals surface area contributed by atoms with Gasteiger partial charge in [-0.1, -0.05) is 6.07 Å². The highest BCUT2D eigenvalue weighted by Gasteiger charge is 2.27. The molecule has 1 aliphatic heterocycles. The minimum Gasteiger partial charge on any atom is -0.365 e. The molecule has 0 bridgehead atoms. The highest BCUT2D eigenvalue weighted by Crippen LogP contribution is 2.26. The van der Waals surface area contributed by atoms with Crippen LogP contribution in [0, 0.1) is 11.6 Å². The second-order valence-corrected chi connectivity index (χ2v) is 6.03. The molecule has 1 aromatic carbocycles. The summed E-state index contributed by atoms with van der Waals surface area (Å²) in [7, 11) is 3.62. The largest absolute Gasteiger partial charge is 0.365 e. The molecular formula is C17H23F2IN6. The maximum atomic E-state index is 13.9. The predicted octanol–water partition coefficient (Wildman–Crippen LogP) is 2.26. The van der Waals surface area contributed by atoms with E-state index in [0.717, 1.165) is 12.2 Å². The topological polar surface area (TPSA) is 57.5 Å². The van der Waals surface area contributed by atoms with Crippen molar-refractivity contribution in [2.45, 2.75) is 19.0 Å². The minimum absolute atomic E-state index is 0. The van der Waals surface area contributed by atoms with Crippen molar-refractivity contribution in [2.75, 3.05) is 25.0 Å². The van der Waals surface area contributed by atoms with Crippen molar-refractivity contribution in [3.63, 3.8) is 0 Å². The Morgan fingerprint density at radius 3 is 2.69 bits per heavy atom. The molecule has 26 heavy (non-hydrogen) atoms. The number of imidazole rings is 1. The summed E-state index contributed by atoms with van der Waals surface area (Å²) in [5.74, 6) is 0.476. The third kappa shape index (κ3) is 4.63. The summed E-state index contributed by atoms with van der Waals surface area (Å²) in [4.78, 5) is 10.2. The zero-order valence-corrected chi connectivity index (χ0v) is 17.1. The molecular weight excluding hydrogens is 453 g/mol. The molecule has 9 heteroatoms. The van der Waals surface area contributed by atoms with E-state index in [1.54, 1.807) is 18.1 Å². The van der Waals surface area contributed by atoms with Gasteiger partial charge in [-0.2, -0.15) is 0 Å². The highest BCUT2D eigenvalue weighted by molar-refractivity contribution is 14.0. The maximum absolute atomic E-state index is 13.9. The van der Waals surface area contributed by atoms with Gasteiger partial charge in [0.1, 0.15) is 23.1 Å². The molecule has 0 radical (unpaired) electrons. The number of benzene rings is 1. The van der Waals surface area contributed by atoms with Crippen molar-refractivity contribution in [1.29, 1.82) is 0 Å². The zero-order chi connectivity index (χ0) is 17.8. The van der Waals surface area contributed by atoms with Gasteiger partial charge in [0.05, 0.1) is 6.54 Å². The summed E-state index contributed by atoms with van der Waals surface area (Å²) >= 11 is 0. The highest BCUT2D eigenvalue weighted by atomic mass is 127. The van der Waals surface area contributed by atoms with E-state index in [2.05, 4.69) is 20.6 Å². The van der Waals surface area contributed by atoms with Crippen LogP contribution in [0.25, 0.3) is 0 Å². The standard InChI is InChI=1S/C17H22F2N6.HI/c1-20-17(22-10-15-21-7-9-24(15)2)23-12-6-8-25(11-12)16-13(18)4-3-5-14(16)19;/h3-5,7,9,12H,6,8,10-11H2,1-2H3,(H2,20,22,23);1H. The van der Waals surface area contributed by atoms with E-state index in [0.29, 0.717) is 25.6 Å². The van der Waals surface area contributed by atoms with Crippen LogP contribution in [0.4, 0.5) is 14.5 Å². The molecule has 1 aromatic heterocycles. The molecule has 2 heterocycles. The summed E-state index contributed by atoms with van der Waals surface area (Å²) in [5.41, 5.74) is 0.0442. The number of aryl methyl sites for hydroxylation is 1. The first kappa shape index (κ1) is 20.4. The maximum Gasteiger partial charge on any atom is 0.191 e. The predicted molar refractivity (Wildman–Crippen MR) is 109 cm³/mol. The number of guanidine groups is 1. The lowest BCUT2D eigenvalue weighted by molar-refractivity contribution is 0.575. The van der Waals surface area contributed by atoms with Crippen LogP contribution in [0.5, 0.6) is 0 Å². The quantitative estimate of drug-likeness (QED) is 0.404. The summed E-state index contributed by atoms with van der Waals surface area (Å²) < 4.78 is 29.8. The van der Waals surface area contributed by atoms with E-state index in [-0.39, 0.29) is 35.7 Å². The van der Waals surface area contributed by atoms with Crippen molar-refractivity contribution in [3.05, 3.63) is 48.1 Å². The van der Waals surface area contributed by atoms with E-state index in [1.165, 1.54) is 18.2 Å². The van der Waals surface area contributed by atoms with Crippen LogP contribution in [-0.4, -0.2) is 41.7 Å². The first-order valence-electron chi connectivity index (χ1n) is 8.21. The molecule has 142 valence electrons. The number of aliphatic imine (C=N–C) groups is 1. The normalized spacial score (nSPS) is 17.2. The minimum atomic E-state index is -0.530. The van der Waals surface area contributed by atoms with Crippen molar-refractivity contribution in [2.24, 2.45) is 12.0 Å². The van der Waals surface area contributed by atoms with Gasteiger partial charge in [-0.3, -0.25) is 4.99 Å². The third-order valence-corrected chi connectivity index (χ3v) is 4.34. The Labute approximate surface area is 168 Å². The number of hydrogen-bond donors (Lipinski definition) is 2. The lowest BCUT2D eigenvalue weighted by atomic mass is 10.2. The van der Waals surface area contributed by atoms with Crippen LogP contribution < -0.4 is 15.5 Å². The lowest BCUT2D eigenvalue weighted by Gasteiger charge is -2.21. The summed E-state index contributed by atoms with van der Waals surface area (Å²) in [6.07, 6.45) is 4.40. The molecule has 1 atom stereocenters. The van der Waals surface area contributed by atoms with Gasteiger partial charge < -0.3 is 20.1 Å². The Bertz CT molecular complexity index is 743. The molecule has 0 aliphatic carbocycles. The fourth-order valence-electron chi connectivity index (χ4n) is 2.99. The van der Waals surface area contributed by atoms with Crippen LogP contribution in [0.1, 0.15) is 12.2 Å². The summed E-state index contributed by atoms with van der Waals surface area (Å²) in [5, 5.41) is 6.51. The van der Waals surface area contributed by atoms with E-state index < -0.39 is 11.6 Å². The van der Waals surface area contributed by atoms with Gasteiger partial charge in [-0.15, -0.1) is 24.0 Å². The molecule has 0 saturated carbocycles. The van der Waals surface area contributed by atoms with Crippen LogP contribution in [0.3, 0.4) is 0 Å². The number of anilines is 1. The van der Waals surface area contributed by atoms with Crippen LogP contribution >= 0.6 is 24.0 Å². The van der Waals surface area contributed by atoms with Gasteiger partial charge in [-0.05, 0) is 18.6 Å². The summed E-state index contributed by atoms with van der Waals surface area (Å²) in [6, 6.07) is 4.01. The van der Waals surface area contributed by atoms with Crippen LogP contribution in [-0.2, 0) is 13.6 Å². The second kappa shape index (κ2) is 9.15. The monoisotopic (exact) mass is 476 g/mol. The molecule has 2 aromatic rings. The van der Waals surface area contributed by atoms with E-state index >= 15 is 0 Å². The number of rotatable bonds is 4. The smallest absolute Gasteiger partial charge is 0.191 e. The molecule has 2 N–H and O–H groups in total. The molecule has 0 amide bonds. The Balaban J connectivity index is 0.00000243. The zero-order valence-electron chi connectivity index (χ0n) is 14.7. The second-order valence-electron chi connectivity index (χ2n) is 6.03. The van der Waals surface area contributed by atoms with E-state index in [9.17, 15) is 8.78 Å². The van der Waals surface area contributed by atoms with E-state index in [1.807, 2.05) is 17.8 Å². The van der Waals surface area contributed by atoms with Crippen molar-refractivity contribution < 1.29 is 8.78 Å². The molecule has 1 fully saturated rings. The van der Waals surface area contributed by atoms with Gasteiger partial charge in [0.2, 0.25) is 0 Å². The van der Waals surface area contributed by atoms with Gasteiger partial charge >= 0.3 is 0 Å². The van der Waals surface area contributed by atoms with Gasteiger partial charge in [0, 0.05) is 45.6 Å². The summed E-state index contributed by atoms with van der Waals surface area (Å²) in [6.45, 7) is 1.65. The van der Waals surface area contributed by atoms with Gasteiger partial charge in [0.25, 0.3) is 0 Å². The number of para-hydroxylation sites is 1. The molecule has 1 saturated heterocycles. The van der Waals surface area contributed by atoms with Crippen molar-refractivity contribution in [3.8, 4) is 0 Å². The fourth-order valence-corrected chi connectivity index (χ4v) is 2.99. The Kier molecular flexibility index (Phi) is 7.18. The Morgan fingerprint density at radius 2 is 2.08 bits per heavy atom. The van der Waals surface area contributed by atoms with Crippen LogP contribution in [0.15, 0.2) is 35.6 Å². The lowest BCUT2D eigenvalue weighted by Crippen LogP contribution is -2.44. The van der Waals surface area contributed by atoms with Crippen LogP contribution in [0.2, 0.25) is 0 Å². The Morgan fingerprint density at radius 1 is 1.35 bits per heavy atom. The molecule has 3 rings (SSSR count). The average molecular weight is 476 g/mol. The number of nitrogens with one attached hydrogen (secondary N) is 2. The number of aromatic nitrogens is 2. The number of hydrogen-bond acceptors (Lipinski definition) is 3. The molecule has 6 nitrogen and oxygen atoms in total. The van der Waals surface area contributed by atoms with Gasteiger partial charge in [-0.25, -0.2) is 13.8 Å². The molecule has 1 unspecified atom stereocenters. The Hall–Kier alpha value is -1.91. The van der Waals surface area contributed by atoms with Gasteiger partial charge in [0.15, 0.2) is 5.96 Å². The fraction of sp³-hybridized carbons (Fsp3) is 0.412. The first-order chi connectivity index (χ1) is 12.1. The molecule has 0 spiro atoms. The molecule has 1 aliphatic rings. The SMILES string of the molecule is CN=C(NCc1nccn1C)NC1CCN(c2c(F)cccc2F)C1.I. The number of halogens is 3. The van der Waals surface area contributed by atoms with Crippen molar-refractivity contribution >= 4 is 35.6 Å². The van der Waals surface area contributed by atoms with E-state index in [4.69, 9.17) is 0 Å².